The van der Waals surface area contributed by atoms with Crippen LogP contribution in [0.2, 0.25) is 0 Å². The van der Waals surface area contributed by atoms with E-state index in [4.69, 9.17) is 0 Å². The van der Waals surface area contributed by atoms with E-state index in [2.05, 4.69) is 40.5 Å². The number of nitrogens with one attached hydrogen (secondary N) is 1. The molecule has 2 saturated carbocycles. The topological polar surface area (TPSA) is 45.8 Å². The lowest BCUT2D eigenvalue weighted by Gasteiger charge is -2.19. The average molecular weight is 373 g/mol. The van der Waals surface area contributed by atoms with Gasteiger partial charge in [-0.2, -0.15) is 4.39 Å². The fourth-order valence-corrected chi connectivity index (χ4v) is 4.47. The van der Waals surface area contributed by atoms with Crippen LogP contribution in [0.25, 0.3) is 0 Å². The highest BCUT2D eigenvalue weighted by Crippen LogP contribution is 2.38. The van der Waals surface area contributed by atoms with Gasteiger partial charge in [-0.05, 0) is 49.1 Å². The molecule has 1 N–H and O–H groups in total. The molecule has 1 aromatic heterocycles. The highest BCUT2D eigenvalue weighted by Gasteiger charge is 2.35. The third-order valence-electron chi connectivity index (χ3n) is 5.75. The molecule has 4 rings (SSSR count). The maximum Gasteiger partial charge on any atom is 0.222 e. The van der Waals surface area contributed by atoms with Crippen LogP contribution in [-0.2, 0) is 0 Å². The maximum absolute atomic E-state index is 14.4. The molecule has 3 nitrogen and oxygen atoms in total. The van der Waals surface area contributed by atoms with Crippen molar-refractivity contribution in [2.45, 2.75) is 55.8 Å². The Morgan fingerprint density at radius 2 is 1.92 bits per heavy atom. The van der Waals surface area contributed by atoms with E-state index in [9.17, 15) is 9.18 Å². The molecule has 0 bridgehead atoms. The Morgan fingerprint density at radius 1 is 1.23 bits per heavy atom. The van der Waals surface area contributed by atoms with Gasteiger partial charge in [0.15, 0.2) is 11.5 Å². The monoisotopic (exact) mass is 372 g/mol. The molecule has 2 aliphatic rings. The van der Waals surface area contributed by atoms with Gasteiger partial charge in [0.1, 0.15) is 5.82 Å². The maximum atomic E-state index is 14.4. The largest absolute Gasteiger partial charge is 0.318 e. The number of aromatic nitrogens is 2. The molecule has 0 radical (unpaired) electrons. The van der Waals surface area contributed by atoms with Crippen molar-refractivity contribution in [3.05, 3.63) is 47.3 Å². The molecule has 2 aromatic rings. The second-order valence-electron chi connectivity index (χ2n) is 7.64. The average Bonchev–Trinajstić information content (AvgIpc) is 3.25. The zero-order chi connectivity index (χ0) is 18.1. The second-order valence-corrected chi connectivity index (χ2v) is 8.51. The molecule has 0 spiro atoms. The van der Waals surface area contributed by atoms with E-state index in [0.717, 1.165) is 24.8 Å². The van der Waals surface area contributed by atoms with E-state index >= 15 is 0 Å². The van der Waals surface area contributed by atoms with Crippen LogP contribution < -0.4 is 0 Å². The number of rotatable bonds is 7. The van der Waals surface area contributed by atoms with Gasteiger partial charge in [-0.3, -0.25) is 4.79 Å². The zero-order valence-electron chi connectivity index (χ0n) is 15.1. The number of ketones is 1. The highest BCUT2D eigenvalue weighted by molar-refractivity contribution is 7.98. The fraction of sp³-hybridized carbons (Fsp3) is 0.524. The Kier molecular flexibility index (Phi) is 5.16. The molecule has 0 saturated heterocycles. The summed E-state index contributed by atoms with van der Waals surface area (Å²) < 4.78 is 14.4. The Balaban J connectivity index is 1.64. The quantitative estimate of drug-likeness (QED) is 0.510. The van der Waals surface area contributed by atoms with Crippen LogP contribution in [0.1, 0.15) is 72.7 Å². The first kappa shape index (κ1) is 17.8. The van der Waals surface area contributed by atoms with Crippen molar-refractivity contribution in [2.24, 2.45) is 11.8 Å². The summed E-state index contributed by atoms with van der Waals surface area (Å²) in [4.78, 5) is 20.8. The van der Waals surface area contributed by atoms with Crippen molar-refractivity contribution >= 4 is 17.5 Å². The van der Waals surface area contributed by atoms with E-state index in [1.54, 1.807) is 11.8 Å². The number of carbonyl (C=O) groups is 1. The predicted molar refractivity (Wildman–Crippen MR) is 102 cm³/mol. The van der Waals surface area contributed by atoms with E-state index in [1.807, 2.05) is 0 Å². The number of nitrogens with zero attached hydrogens (tertiary/aromatic N) is 1. The summed E-state index contributed by atoms with van der Waals surface area (Å²) in [7, 11) is 0. The second kappa shape index (κ2) is 7.55. The van der Waals surface area contributed by atoms with Crippen LogP contribution in [0, 0.1) is 17.8 Å². The summed E-state index contributed by atoms with van der Waals surface area (Å²) in [5.74, 6) is 0.557. The predicted octanol–water partition coefficient (Wildman–Crippen LogP) is 5.58. The minimum Gasteiger partial charge on any atom is -0.318 e. The molecule has 138 valence electrons. The van der Waals surface area contributed by atoms with Crippen LogP contribution in [0.3, 0.4) is 0 Å². The van der Waals surface area contributed by atoms with Gasteiger partial charge in [0, 0.05) is 16.7 Å². The molecule has 1 aromatic carbocycles. The molecule has 1 atom stereocenters. The van der Waals surface area contributed by atoms with Gasteiger partial charge in [0.25, 0.3) is 0 Å². The molecule has 5 heteroatoms. The van der Waals surface area contributed by atoms with Gasteiger partial charge >= 0.3 is 0 Å². The SMILES string of the molecule is CSc1ccc(C(CC2CCCC2)c2nc(C(=O)C3CC3)c(F)[nH]2)cc1. The molecular formula is C21H25FN2OS. The molecule has 1 heterocycles. The summed E-state index contributed by atoms with van der Waals surface area (Å²) >= 11 is 1.71. The lowest BCUT2D eigenvalue weighted by atomic mass is 9.87. The van der Waals surface area contributed by atoms with E-state index in [0.29, 0.717) is 11.7 Å². The first-order chi connectivity index (χ1) is 12.7. The van der Waals surface area contributed by atoms with Crippen LogP contribution in [0.15, 0.2) is 29.2 Å². The number of hydrogen-bond donors (Lipinski definition) is 1. The number of imidazole rings is 1. The Hall–Kier alpha value is -1.62. The van der Waals surface area contributed by atoms with E-state index in [1.165, 1.54) is 30.6 Å². The summed E-state index contributed by atoms with van der Waals surface area (Å²) in [5.41, 5.74) is 1.16. The Morgan fingerprint density at radius 3 is 2.54 bits per heavy atom. The molecule has 2 fully saturated rings. The number of benzene rings is 1. The molecule has 0 aliphatic heterocycles. The van der Waals surface area contributed by atoms with Crippen molar-refractivity contribution < 1.29 is 9.18 Å². The van der Waals surface area contributed by atoms with Crippen LogP contribution >= 0.6 is 11.8 Å². The number of hydrogen-bond acceptors (Lipinski definition) is 3. The van der Waals surface area contributed by atoms with Crippen molar-refractivity contribution in [3.63, 3.8) is 0 Å². The fourth-order valence-electron chi connectivity index (χ4n) is 4.06. The molecule has 0 amide bonds. The van der Waals surface area contributed by atoms with Gasteiger partial charge in [-0.1, -0.05) is 37.8 Å². The summed E-state index contributed by atoms with van der Waals surface area (Å²) in [5, 5.41) is 0. The van der Waals surface area contributed by atoms with E-state index < -0.39 is 5.95 Å². The highest BCUT2D eigenvalue weighted by atomic mass is 32.2. The summed E-state index contributed by atoms with van der Waals surface area (Å²) in [6, 6.07) is 8.46. The standard InChI is InChI=1S/C21H25FN2OS/c1-26-16-10-8-14(9-11-16)17(12-13-4-2-3-5-13)21-23-18(20(22)24-21)19(25)15-6-7-15/h8-11,13,15,17H,2-7,12H2,1H3,(H,23,24). The number of carbonyl (C=O) groups excluding carboxylic acids is 1. The molecular weight excluding hydrogens is 347 g/mol. The van der Waals surface area contributed by atoms with Gasteiger partial charge < -0.3 is 4.98 Å². The van der Waals surface area contributed by atoms with Crippen LogP contribution in [-0.4, -0.2) is 22.0 Å². The van der Waals surface area contributed by atoms with Gasteiger partial charge in [-0.15, -0.1) is 11.8 Å². The minimum atomic E-state index is -0.561. The van der Waals surface area contributed by atoms with Crippen molar-refractivity contribution in [2.75, 3.05) is 6.26 Å². The Bertz CT molecular complexity index is 776. The number of thioether (sulfide) groups is 1. The van der Waals surface area contributed by atoms with Crippen molar-refractivity contribution in [1.29, 1.82) is 0 Å². The lowest BCUT2D eigenvalue weighted by molar-refractivity contribution is 0.0958. The molecule has 26 heavy (non-hydrogen) atoms. The summed E-state index contributed by atoms with van der Waals surface area (Å²) in [6.45, 7) is 0. The van der Waals surface area contributed by atoms with Gasteiger partial charge in [-0.25, -0.2) is 4.98 Å². The Labute approximate surface area is 158 Å². The third kappa shape index (κ3) is 3.73. The zero-order valence-corrected chi connectivity index (χ0v) is 15.9. The smallest absolute Gasteiger partial charge is 0.222 e. The first-order valence-corrected chi connectivity index (χ1v) is 10.8. The lowest BCUT2D eigenvalue weighted by Crippen LogP contribution is -2.09. The van der Waals surface area contributed by atoms with Gasteiger partial charge in [0.05, 0.1) is 0 Å². The molecule has 1 unspecified atom stereocenters. The van der Waals surface area contributed by atoms with Crippen LogP contribution in [0.4, 0.5) is 4.39 Å². The number of H-pyrrole nitrogens is 1. The first-order valence-electron chi connectivity index (χ1n) is 9.59. The summed E-state index contributed by atoms with van der Waals surface area (Å²) in [6.07, 6.45) is 9.77. The number of halogens is 1. The minimum absolute atomic E-state index is 0.0136. The van der Waals surface area contributed by atoms with Gasteiger partial charge in [0.2, 0.25) is 5.95 Å². The third-order valence-corrected chi connectivity index (χ3v) is 6.50. The van der Waals surface area contributed by atoms with Crippen LogP contribution in [0.5, 0.6) is 0 Å². The van der Waals surface area contributed by atoms with Crippen molar-refractivity contribution in [3.8, 4) is 0 Å². The number of aromatic amines is 1. The van der Waals surface area contributed by atoms with E-state index in [-0.39, 0.29) is 23.3 Å². The molecule has 2 aliphatic carbocycles. The number of Topliss-reactive ketones (excluding diaryl/α,β-unsaturated/α-hetero) is 1. The van der Waals surface area contributed by atoms with Crippen molar-refractivity contribution in [1.82, 2.24) is 9.97 Å². The normalized spacial score (nSPS) is 19.0.